The monoisotopic (exact) mass is 282 g/mol. The van der Waals surface area contributed by atoms with Crippen LogP contribution in [0.4, 0.5) is 9.18 Å². The van der Waals surface area contributed by atoms with Crippen LogP contribution in [0, 0.1) is 5.82 Å². The SMILES string of the molecule is CCNC(=O)CNC(=O)NNC(=O)c1ccc(F)cc1. The number of amides is 4. The summed E-state index contributed by atoms with van der Waals surface area (Å²) in [6, 6.07) is 4.08. The topological polar surface area (TPSA) is 99.3 Å². The van der Waals surface area contributed by atoms with Crippen molar-refractivity contribution in [1.29, 1.82) is 0 Å². The Morgan fingerprint density at radius 3 is 2.30 bits per heavy atom. The molecule has 108 valence electrons. The van der Waals surface area contributed by atoms with Crippen molar-refractivity contribution in [3.8, 4) is 0 Å². The molecule has 7 nitrogen and oxygen atoms in total. The molecule has 0 aliphatic heterocycles. The second kappa shape index (κ2) is 7.72. The number of hydrogen-bond acceptors (Lipinski definition) is 3. The molecular formula is C12H15FN4O3. The van der Waals surface area contributed by atoms with Gasteiger partial charge >= 0.3 is 6.03 Å². The van der Waals surface area contributed by atoms with Gasteiger partial charge in [0.05, 0.1) is 6.54 Å². The molecule has 1 aromatic carbocycles. The maximum atomic E-state index is 12.7. The lowest BCUT2D eigenvalue weighted by atomic mass is 10.2. The van der Waals surface area contributed by atoms with Crippen LogP contribution in [0.1, 0.15) is 17.3 Å². The van der Waals surface area contributed by atoms with E-state index in [0.717, 1.165) is 12.1 Å². The van der Waals surface area contributed by atoms with Gasteiger partial charge in [0, 0.05) is 12.1 Å². The zero-order chi connectivity index (χ0) is 15.0. The van der Waals surface area contributed by atoms with Crippen LogP contribution in [0.2, 0.25) is 0 Å². The van der Waals surface area contributed by atoms with Crippen molar-refractivity contribution in [2.75, 3.05) is 13.1 Å². The first kappa shape index (κ1) is 15.4. The summed E-state index contributed by atoms with van der Waals surface area (Å²) in [5, 5.41) is 4.74. The first-order valence-corrected chi connectivity index (χ1v) is 5.89. The van der Waals surface area contributed by atoms with Crippen molar-refractivity contribution in [3.05, 3.63) is 35.6 Å². The van der Waals surface area contributed by atoms with Gasteiger partial charge in [-0.3, -0.25) is 15.0 Å². The molecule has 0 saturated heterocycles. The second-order valence-electron chi connectivity index (χ2n) is 3.72. The average Bonchev–Trinajstić information content (AvgIpc) is 2.43. The number of benzene rings is 1. The van der Waals surface area contributed by atoms with Crippen molar-refractivity contribution >= 4 is 17.8 Å². The maximum absolute atomic E-state index is 12.7. The zero-order valence-corrected chi connectivity index (χ0v) is 10.8. The van der Waals surface area contributed by atoms with Crippen molar-refractivity contribution < 1.29 is 18.8 Å². The van der Waals surface area contributed by atoms with Crippen molar-refractivity contribution in [3.63, 3.8) is 0 Å². The zero-order valence-electron chi connectivity index (χ0n) is 10.8. The minimum atomic E-state index is -0.730. The van der Waals surface area contributed by atoms with E-state index >= 15 is 0 Å². The van der Waals surface area contributed by atoms with Crippen LogP contribution in [-0.2, 0) is 4.79 Å². The van der Waals surface area contributed by atoms with Gasteiger partial charge in [-0.15, -0.1) is 0 Å². The summed E-state index contributed by atoms with van der Waals surface area (Å²) in [5.41, 5.74) is 4.38. The molecule has 0 heterocycles. The fourth-order valence-electron chi connectivity index (χ4n) is 1.25. The van der Waals surface area contributed by atoms with E-state index < -0.39 is 17.8 Å². The number of urea groups is 1. The van der Waals surface area contributed by atoms with Crippen LogP contribution in [0.25, 0.3) is 0 Å². The Labute approximate surface area is 114 Å². The fraction of sp³-hybridized carbons (Fsp3) is 0.250. The largest absolute Gasteiger partial charge is 0.355 e. The molecule has 0 bridgehead atoms. The van der Waals surface area contributed by atoms with E-state index in [9.17, 15) is 18.8 Å². The van der Waals surface area contributed by atoms with Crippen molar-refractivity contribution in [2.24, 2.45) is 0 Å². The molecule has 8 heteroatoms. The Morgan fingerprint density at radius 2 is 1.70 bits per heavy atom. The van der Waals surface area contributed by atoms with Crippen molar-refractivity contribution in [2.45, 2.75) is 6.92 Å². The molecule has 4 N–H and O–H groups in total. The Morgan fingerprint density at radius 1 is 1.05 bits per heavy atom. The van der Waals surface area contributed by atoms with Crippen LogP contribution in [-0.4, -0.2) is 30.9 Å². The molecule has 0 saturated carbocycles. The number of rotatable bonds is 4. The Hall–Kier alpha value is -2.64. The first-order chi connectivity index (χ1) is 9.52. The highest BCUT2D eigenvalue weighted by molar-refractivity contribution is 5.95. The average molecular weight is 282 g/mol. The minimum Gasteiger partial charge on any atom is -0.355 e. The van der Waals surface area contributed by atoms with Gasteiger partial charge in [-0.05, 0) is 31.2 Å². The highest BCUT2D eigenvalue weighted by atomic mass is 19.1. The molecule has 4 amide bonds. The van der Waals surface area contributed by atoms with Crippen LogP contribution in [0.3, 0.4) is 0 Å². The van der Waals surface area contributed by atoms with E-state index in [1.807, 2.05) is 0 Å². The van der Waals surface area contributed by atoms with Gasteiger partial charge < -0.3 is 10.6 Å². The molecule has 0 aliphatic rings. The minimum absolute atomic E-state index is 0.190. The molecule has 0 fully saturated rings. The van der Waals surface area contributed by atoms with Gasteiger partial charge in [-0.25, -0.2) is 14.6 Å². The van der Waals surface area contributed by atoms with Gasteiger partial charge in [0.2, 0.25) is 5.91 Å². The van der Waals surface area contributed by atoms with E-state index in [4.69, 9.17) is 0 Å². The van der Waals surface area contributed by atoms with E-state index in [2.05, 4.69) is 21.5 Å². The van der Waals surface area contributed by atoms with Crippen LogP contribution < -0.4 is 21.5 Å². The van der Waals surface area contributed by atoms with Gasteiger partial charge in [0.1, 0.15) is 5.82 Å². The van der Waals surface area contributed by atoms with E-state index in [1.165, 1.54) is 12.1 Å². The predicted molar refractivity (Wildman–Crippen MR) is 69.1 cm³/mol. The summed E-state index contributed by atoms with van der Waals surface area (Å²) in [7, 11) is 0. The molecule has 0 radical (unpaired) electrons. The van der Waals surface area contributed by atoms with E-state index in [1.54, 1.807) is 6.92 Å². The third kappa shape index (κ3) is 5.34. The number of hydrogen-bond donors (Lipinski definition) is 4. The highest BCUT2D eigenvalue weighted by Crippen LogP contribution is 2.01. The number of hydrazine groups is 1. The summed E-state index contributed by atoms with van der Waals surface area (Å²) in [5.74, 6) is -1.40. The number of nitrogens with one attached hydrogen (secondary N) is 4. The quantitative estimate of drug-likeness (QED) is 0.581. The molecule has 0 spiro atoms. The summed E-state index contributed by atoms with van der Waals surface area (Å²) in [6.45, 7) is 2.01. The normalized spacial score (nSPS) is 9.50. The Bertz CT molecular complexity index is 490. The lowest BCUT2D eigenvalue weighted by molar-refractivity contribution is -0.119. The number of carbonyl (C=O) groups is 3. The Kier molecular flexibility index (Phi) is 5.95. The van der Waals surface area contributed by atoms with Gasteiger partial charge in [-0.2, -0.15) is 0 Å². The summed E-state index contributed by atoms with van der Waals surface area (Å²) < 4.78 is 12.7. The van der Waals surface area contributed by atoms with E-state index in [0.29, 0.717) is 6.54 Å². The van der Waals surface area contributed by atoms with Gasteiger partial charge in [0.25, 0.3) is 5.91 Å². The predicted octanol–water partition coefficient (Wildman–Crippen LogP) is -0.0942. The lowest BCUT2D eigenvalue weighted by Gasteiger charge is -2.08. The highest BCUT2D eigenvalue weighted by Gasteiger charge is 2.08. The first-order valence-electron chi connectivity index (χ1n) is 5.89. The summed E-state index contributed by atoms with van der Waals surface area (Å²) in [4.78, 5) is 33.9. The van der Waals surface area contributed by atoms with E-state index in [-0.39, 0.29) is 18.0 Å². The Balaban J connectivity index is 2.32. The van der Waals surface area contributed by atoms with Crippen molar-refractivity contribution in [1.82, 2.24) is 21.5 Å². The third-order valence-electron chi connectivity index (χ3n) is 2.18. The summed E-state index contributed by atoms with van der Waals surface area (Å²) in [6.07, 6.45) is 0. The maximum Gasteiger partial charge on any atom is 0.333 e. The molecule has 20 heavy (non-hydrogen) atoms. The molecule has 0 aromatic heterocycles. The van der Waals surface area contributed by atoms with Gasteiger partial charge in [-0.1, -0.05) is 0 Å². The standard InChI is InChI=1S/C12H15FN4O3/c1-2-14-10(18)7-15-12(20)17-16-11(19)8-3-5-9(13)6-4-8/h3-6H,2,7H2,1H3,(H,14,18)(H,16,19)(H2,15,17,20). The smallest absolute Gasteiger partial charge is 0.333 e. The lowest BCUT2D eigenvalue weighted by Crippen LogP contribution is -2.49. The molecule has 0 atom stereocenters. The number of halogens is 1. The third-order valence-corrected chi connectivity index (χ3v) is 2.18. The molecule has 1 aromatic rings. The summed E-state index contributed by atoms with van der Waals surface area (Å²) >= 11 is 0. The van der Waals surface area contributed by atoms with Crippen LogP contribution in [0.15, 0.2) is 24.3 Å². The molecule has 1 rings (SSSR count). The number of likely N-dealkylation sites (N-methyl/N-ethyl adjacent to an activating group) is 1. The second-order valence-corrected chi connectivity index (χ2v) is 3.72. The van der Waals surface area contributed by atoms with Crippen LogP contribution >= 0.6 is 0 Å². The van der Waals surface area contributed by atoms with Gasteiger partial charge in [0.15, 0.2) is 0 Å². The molecule has 0 unspecified atom stereocenters. The fourth-order valence-corrected chi connectivity index (χ4v) is 1.25. The van der Waals surface area contributed by atoms with Crippen LogP contribution in [0.5, 0.6) is 0 Å². The molecular weight excluding hydrogens is 267 g/mol. The molecule has 0 aliphatic carbocycles. The number of carbonyl (C=O) groups excluding carboxylic acids is 3.